The zero-order valence-corrected chi connectivity index (χ0v) is 16.7. The molecule has 0 aliphatic carbocycles. The van der Waals surface area contributed by atoms with Crippen LogP contribution in [0.4, 0.5) is 0 Å². The number of hydrogen-bond acceptors (Lipinski definition) is 2. The van der Waals surface area contributed by atoms with E-state index in [9.17, 15) is 0 Å². The molecule has 4 fully saturated rings. The van der Waals surface area contributed by atoms with Crippen LogP contribution in [-0.2, 0) is 0 Å². The van der Waals surface area contributed by atoms with Crippen molar-refractivity contribution in [3.05, 3.63) is 35.9 Å². The summed E-state index contributed by atoms with van der Waals surface area (Å²) in [5, 5.41) is 0. The lowest BCUT2D eigenvalue weighted by Crippen LogP contribution is -2.68. The zero-order chi connectivity index (χ0) is 17.7. The van der Waals surface area contributed by atoms with Crippen molar-refractivity contribution >= 4 is 0 Å². The summed E-state index contributed by atoms with van der Waals surface area (Å²) in [4.78, 5) is 5.98. The van der Waals surface area contributed by atoms with Gasteiger partial charge in [0, 0.05) is 30.7 Å². The molecule has 0 unspecified atom stereocenters. The summed E-state index contributed by atoms with van der Waals surface area (Å²) >= 11 is 0. The van der Waals surface area contributed by atoms with Crippen molar-refractivity contribution < 1.29 is 0 Å². The minimum atomic E-state index is 0.670. The highest BCUT2D eigenvalue weighted by molar-refractivity contribution is 5.21. The molecule has 1 aromatic rings. The van der Waals surface area contributed by atoms with Gasteiger partial charge in [-0.1, -0.05) is 50.6 Å². The van der Waals surface area contributed by atoms with Gasteiger partial charge in [0.1, 0.15) is 0 Å². The molecule has 4 aliphatic rings. The second-order valence-electron chi connectivity index (χ2n) is 9.82. The third-order valence-electron chi connectivity index (χ3n) is 8.14. The minimum absolute atomic E-state index is 0.670. The molecule has 0 aromatic heterocycles. The van der Waals surface area contributed by atoms with Crippen LogP contribution >= 0.6 is 0 Å². The van der Waals surface area contributed by atoms with Crippen molar-refractivity contribution in [3.8, 4) is 0 Å². The molecule has 0 spiro atoms. The SMILES string of the molecule is CC(C)[C@H]1[C@@H]2C[C@@H](CN3[C@@H](c4ccccc4)CCC[C@H]23)[C@@H]2CCCCN21. The average molecular weight is 353 g/mol. The van der Waals surface area contributed by atoms with Crippen LogP contribution in [0.1, 0.15) is 70.4 Å². The van der Waals surface area contributed by atoms with Crippen LogP contribution in [0.2, 0.25) is 0 Å². The first-order valence-electron chi connectivity index (χ1n) is 11.3. The Kier molecular flexibility index (Phi) is 4.61. The zero-order valence-electron chi connectivity index (χ0n) is 16.7. The highest BCUT2D eigenvalue weighted by atomic mass is 15.3. The molecule has 4 aliphatic heterocycles. The third kappa shape index (κ3) is 2.76. The maximum atomic E-state index is 3.00. The number of nitrogens with zero attached hydrogens (tertiary/aromatic N) is 2. The molecule has 2 bridgehead atoms. The number of benzene rings is 1. The molecule has 5 rings (SSSR count). The Labute approximate surface area is 159 Å². The van der Waals surface area contributed by atoms with Gasteiger partial charge in [-0.05, 0) is 68.4 Å². The first kappa shape index (κ1) is 17.3. The van der Waals surface area contributed by atoms with Gasteiger partial charge < -0.3 is 0 Å². The molecule has 4 heterocycles. The maximum absolute atomic E-state index is 3.00. The van der Waals surface area contributed by atoms with E-state index in [1.807, 2.05) is 0 Å². The fraction of sp³-hybridized carbons (Fsp3) is 0.750. The first-order chi connectivity index (χ1) is 12.7. The molecular formula is C24H36N2. The molecule has 4 saturated heterocycles. The molecule has 1 aromatic carbocycles. The van der Waals surface area contributed by atoms with Crippen molar-refractivity contribution in [2.45, 2.75) is 83.0 Å². The largest absolute Gasteiger partial charge is 0.297 e. The van der Waals surface area contributed by atoms with Gasteiger partial charge in [-0.3, -0.25) is 9.80 Å². The van der Waals surface area contributed by atoms with Crippen LogP contribution in [0.25, 0.3) is 0 Å². The number of fused-ring (bicyclic) bond motifs is 6. The Bertz CT molecular complexity index is 612. The first-order valence-corrected chi connectivity index (χ1v) is 11.3. The predicted octanol–water partition coefficient (Wildman–Crippen LogP) is 5.11. The number of piperidine rings is 4. The van der Waals surface area contributed by atoms with Crippen LogP contribution in [0.3, 0.4) is 0 Å². The number of hydrogen-bond donors (Lipinski definition) is 0. The van der Waals surface area contributed by atoms with E-state index < -0.39 is 0 Å². The van der Waals surface area contributed by atoms with Gasteiger partial charge in [0.2, 0.25) is 0 Å². The lowest BCUT2D eigenvalue weighted by atomic mass is 9.64. The second kappa shape index (κ2) is 6.95. The smallest absolute Gasteiger partial charge is 0.0351 e. The maximum Gasteiger partial charge on any atom is 0.0351 e. The molecule has 0 radical (unpaired) electrons. The van der Waals surface area contributed by atoms with Crippen molar-refractivity contribution in [2.75, 3.05) is 13.1 Å². The van der Waals surface area contributed by atoms with E-state index >= 15 is 0 Å². The second-order valence-corrected chi connectivity index (χ2v) is 9.82. The molecular weight excluding hydrogens is 316 g/mol. The van der Waals surface area contributed by atoms with E-state index in [4.69, 9.17) is 0 Å². The van der Waals surface area contributed by atoms with Crippen LogP contribution in [0.5, 0.6) is 0 Å². The van der Waals surface area contributed by atoms with E-state index in [-0.39, 0.29) is 0 Å². The van der Waals surface area contributed by atoms with Gasteiger partial charge in [-0.2, -0.15) is 0 Å². The standard InChI is InChI=1S/C24H36N2/c1-17(2)24-20-15-19(22-11-6-7-14-25(22)24)16-26-21(12-8-13-23(20)26)18-9-4-3-5-10-18/h3-5,9-10,17,19-24H,6-8,11-16H2,1-2H3/t19-,20+,21+,22-,23+,24-/m0/s1. The van der Waals surface area contributed by atoms with Gasteiger partial charge in [0.25, 0.3) is 0 Å². The summed E-state index contributed by atoms with van der Waals surface area (Å²) in [5.74, 6) is 2.60. The summed E-state index contributed by atoms with van der Waals surface area (Å²) in [6.07, 6.45) is 10.1. The molecule has 26 heavy (non-hydrogen) atoms. The Morgan fingerprint density at radius 2 is 1.69 bits per heavy atom. The van der Waals surface area contributed by atoms with E-state index in [1.165, 1.54) is 58.0 Å². The average Bonchev–Trinajstić information content (AvgIpc) is 2.68. The summed E-state index contributed by atoms with van der Waals surface area (Å²) in [6.45, 7) is 7.71. The van der Waals surface area contributed by atoms with E-state index in [0.29, 0.717) is 6.04 Å². The fourth-order valence-electron chi connectivity index (χ4n) is 7.32. The molecule has 0 N–H and O–H groups in total. The van der Waals surface area contributed by atoms with Crippen LogP contribution in [0, 0.1) is 17.8 Å². The van der Waals surface area contributed by atoms with E-state index in [0.717, 1.165) is 35.9 Å². The minimum Gasteiger partial charge on any atom is -0.297 e. The normalized spacial score (nSPS) is 40.9. The Morgan fingerprint density at radius 3 is 2.50 bits per heavy atom. The van der Waals surface area contributed by atoms with Crippen LogP contribution in [-0.4, -0.2) is 41.0 Å². The quantitative estimate of drug-likeness (QED) is 0.729. The predicted molar refractivity (Wildman–Crippen MR) is 108 cm³/mol. The van der Waals surface area contributed by atoms with Crippen molar-refractivity contribution in [2.24, 2.45) is 17.8 Å². The topological polar surface area (TPSA) is 6.48 Å². The monoisotopic (exact) mass is 352 g/mol. The molecule has 142 valence electrons. The highest BCUT2D eigenvalue weighted by Crippen LogP contribution is 2.50. The lowest BCUT2D eigenvalue weighted by Gasteiger charge is -2.63. The Hall–Kier alpha value is -0.860. The summed E-state index contributed by atoms with van der Waals surface area (Å²) < 4.78 is 0. The van der Waals surface area contributed by atoms with Gasteiger partial charge >= 0.3 is 0 Å². The van der Waals surface area contributed by atoms with Crippen LogP contribution < -0.4 is 0 Å². The van der Waals surface area contributed by atoms with Gasteiger partial charge in [0.05, 0.1) is 0 Å². The van der Waals surface area contributed by atoms with Crippen molar-refractivity contribution in [3.63, 3.8) is 0 Å². The fourth-order valence-corrected chi connectivity index (χ4v) is 7.32. The molecule has 0 amide bonds. The molecule has 6 atom stereocenters. The van der Waals surface area contributed by atoms with Crippen molar-refractivity contribution in [1.29, 1.82) is 0 Å². The van der Waals surface area contributed by atoms with Gasteiger partial charge in [-0.25, -0.2) is 0 Å². The Morgan fingerprint density at radius 1 is 0.885 bits per heavy atom. The van der Waals surface area contributed by atoms with Crippen molar-refractivity contribution in [1.82, 2.24) is 9.80 Å². The van der Waals surface area contributed by atoms with Gasteiger partial charge in [0.15, 0.2) is 0 Å². The molecule has 0 saturated carbocycles. The summed E-state index contributed by atoms with van der Waals surface area (Å²) in [5.41, 5.74) is 1.57. The molecule has 2 nitrogen and oxygen atoms in total. The molecule has 2 heteroatoms. The highest BCUT2D eigenvalue weighted by Gasteiger charge is 2.53. The van der Waals surface area contributed by atoms with Crippen LogP contribution in [0.15, 0.2) is 30.3 Å². The van der Waals surface area contributed by atoms with E-state index in [2.05, 4.69) is 54.0 Å². The van der Waals surface area contributed by atoms with E-state index in [1.54, 1.807) is 5.56 Å². The Balaban J connectivity index is 1.49. The van der Waals surface area contributed by atoms with Gasteiger partial charge in [-0.15, -0.1) is 0 Å². The number of rotatable bonds is 2. The lowest BCUT2D eigenvalue weighted by molar-refractivity contribution is -0.132. The summed E-state index contributed by atoms with van der Waals surface area (Å²) in [7, 11) is 0. The summed E-state index contributed by atoms with van der Waals surface area (Å²) in [6, 6.07) is 14.6. The third-order valence-corrected chi connectivity index (χ3v) is 8.14.